The van der Waals surface area contributed by atoms with Gasteiger partial charge in [-0.2, -0.15) is 4.31 Å². The molecule has 0 amide bonds. The zero-order valence-electron chi connectivity index (χ0n) is 11.4. The molecule has 0 aliphatic rings. The van der Waals surface area contributed by atoms with E-state index >= 15 is 0 Å². The largest absolute Gasteiger partial charge is 0.384 e. The third-order valence-corrected chi connectivity index (χ3v) is 4.56. The van der Waals surface area contributed by atoms with Gasteiger partial charge in [-0.15, -0.1) is 0 Å². The summed E-state index contributed by atoms with van der Waals surface area (Å²) in [6.07, 6.45) is 2.61. The summed E-state index contributed by atoms with van der Waals surface area (Å²) in [6, 6.07) is 7.18. The molecule has 2 rings (SSSR count). The van der Waals surface area contributed by atoms with Gasteiger partial charge in [-0.1, -0.05) is 24.0 Å². The minimum atomic E-state index is -3.56. The van der Waals surface area contributed by atoms with Crippen molar-refractivity contribution in [1.29, 1.82) is 0 Å². The normalized spacial score (nSPS) is 11.2. The highest BCUT2D eigenvalue weighted by atomic mass is 32.2. The first-order valence-electron chi connectivity index (χ1n) is 6.17. The molecule has 110 valence electrons. The van der Waals surface area contributed by atoms with E-state index in [1.807, 2.05) is 0 Å². The number of imidazole rings is 1. The van der Waals surface area contributed by atoms with Crippen LogP contribution in [0.15, 0.2) is 41.8 Å². The summed E-state index contributed by atoms with van der Waals surface area (Å²) in [4.78, 5) is 6.31. The Morgan fingerprint density at radius 1 is 1.33 bits per heavy atom. The van der Waals surface area contributed by atoms with E-state index in [1.54, 1.807) is 24.3 Å². The summed E-state index contributed by atoms with van der Waals surface area (Å²) < 4.78 is 25.7. The Hall–Kier alpha value is -2.14. The number of nitrogens with zero attached hydrogens (tertiary/aromatic N) is 2. The molecule has 0 saturated carbocycles. The molecule has 0 aliphatic heterocycles. The average Bonchev–Trinajstić information content (AvgIpc) is 3.01. The van der Waals surface area contributed by atoms with Crippen molar-refractivity contribution in [3.8, 4) is 11.8 Å². The maximum atomic E-state index is 12.2. The van der Waals surface area contributed by atoms with Crippen molar-refractivity contribution in [3.05, 3.63) is 47.9 Å². The van der Waals surface area contributed by atoms with Gasteiger partial charge in [0.1, 0.15) is 6.61 Å². The van der Waals surface area contributed by atoms with E-state index in [2.05, 4.69) is 21.8 Å². The van der Waals surface area contributed by atoms with Crippen molar-refractivity contribution < 1.29 is 13.5 Å². The van der Waals surface area contributed by atoms with Crippen LogP contribution in [0, 0.1) is 11.8 Å². The molecule has 1 aromatic heterocycles. The Kier molecular flexibility index (Phi) is 4.75. The zero-order valence-corrected chi connectivity index (χ0v) is 12.3. The second-order valence-electron chi connectivity index (χ2n) is 4.33. The number of sulfonamides is 1. The highest BCUT2D eigenvalue weighted by Crippen LogP contribution is 2.14. The van der Waals surface area contributed by atoms with Crippen LogP contribution < -0.4 is 0 Å². The summed E-state index contributed by atoms with van der Waals surface area (Å²) >= 11 is 0. The van der Waals surface area contributed by atoms with Gasteiger partial charge in [0.25, 0.3) is 10.0 Å². The molecular weight excluding hydrogens is 290 g/mol. The first kappa shape index (κ1) is 15.3. The Labute approximate surface area is 123 Å². The van der Waals surface area contributed by atoms with Gasteiger partial charge in [-0.25, -0.2) is 13.4 Å². The number of aromatic amines is 1. The van der Waals surface area contributed by atoms with Gasteiger partial charge in [0.15, 0.2) is 5.03 Å². The smallest absolute Gasteiger partial charge is 0.260 e. The molecule has 1 aromatic carbocycles. The van der Waals surface area contributed by atoms with E-state index in [0.29, 0.717) is 0 Å². The van der Waals surface area contributed by atoms with Gasteiger partial charge in [0.2, 0.25) is 0 Å². The fraction of sp³-hybridized carbons (Fsp3) is 0.214. The number of hydrogen-bond donors (Lipinski definition) is 2. The second kappa shape index (κ2) is 6.54. The first-order valence-corrected chi connectivity index (χ1v) is 7.61. The van der Waals surface area contributed by atoms with Gasteiger partial charge in [0.05, 0.1) is 12.5 Å². The molecule has 0 unspecified atom stereocenters. The van der Waals surface area contributed by atoms with Crippen molar-refractivity contribution >= 4 is 10.0 Å². The number of aliphatic hydroxyl groups excluding tert-OH is 1. The molecule has 21 heavy (non-hydrogen) atoms. The summed E-state index contributed by atoms with van der Waals surface area (Å²) in [5.41, 5.74) is 1.61. The zero-order chi connectivity index (χ0) is 15.3. The van der Waals surface area contributed by atoms with Gasteiger partial charge in [0, 0.05) is 19.2 Å². The van der Waals surface area contributed by atoms with Crippen molar-refractivity contribution in [2.75, 3.05) is 13.7 Å². The lowest BCUT2D eigenvalue weighted by atomic mass is 10.1. The number of H-pyrrole nitrogens is 1. The lowest BCUT2D eigenvalue weighted by Gasteiger charge is -2.15. The molecule has 0 atom stereocenters. The molecule has 0 saturated heterocycles. The fourth-order valence-electron chi connectivity index (χ4n) is 1.73. The van der Waals surface area contributed by atoms with Crippen molar-refractivity contribution in [3.63, 3.8) is 0 Å². The van der Waals surface area contributed by atoms with Crippen molar-refractivity contribution in [1.82, 2.24) is 14.3 Å². The Morgan fingerprint density at radius 3 is 2.62 bits per heavy atom. The third-order valence-electron chi connectivity index (χ3n) is 2.83. The Morgan fingerprint density at radius 2 is 2.05 bits per heavy atom. The lowest BCUT2D eigenvalue weighted by Crippen LogP contribution is -2.26. The predicted octanol–water partition coefficient (Wildman–Crippen LogP) is 0.574. The van der Waals surface area contributed by atoms with Crippen LogP contribution >= 0.6 is 0 Å². The standard InChI is InChI=1S/C14H15N3O3S/c1-17(21(19,20)14-9-15-11-16-14)10-13-6-4-12(5-7-13)3-2-8-18/h4-7,9,11,18H,8,10H2,1H3,(H,15,16). The average molecular weight is 305 g/mol. The summed E-state index contributed by atoms with van der Waals surface area (Å²) in [5, 5.41) is 8.69. The fourth-order valence-corrected chi connectivity index (χ4v) is 2.78. The SMILES string of the molecule is CN(Cc1ccc(C#CCO)cc1)S(=O)(=O)c1cnc[nH]1. The van der Waals surface area contributed by atoms with Crippen LogP contribution in [0.3, 0.4) is 0 Å². The Bertz CT molecular complexity index is 741. The van der Waals surface area contributed by atoms with Crippen LogP contribution in [0.1, 0.15) is 11.1 Å². The number of aromatic nitrogens is 2. The molecule has 0 radical (unpaired) electrons. The highest BCUT2D eigenvalue weighted by molar-refractivity contribution is 7.89. The van der Waals surface area contributed by atoms with E-state index in [0.717, 1.165) is 11.1 Å². The maximum absolute atomic E-state index is 12.2. The van der Waals surface area contributed by atoms with Gasteiger partial charge >= 0.3 is 0 Å². The molecule has 0 aliphatic carbocycles. The molecule has 2 aromatic rings. The lowest BCUT2D eigenvalue weighted by molar-refractivity contribution is 0.350. The highest BCUT2D eigenvalue weighted by Gasteiger charge is 2.22. The van der Waals surface area contributed by atoms with Gasteiger partial charge in [-0.3, -0.25) is 0 Å². The number of nitrogens with one attached hydrogen (secondary N) is 1. The number of benzene rings is 1. The van der Waals surface area contributed by atoms with E-state index in [1.165, 1.54) is 23.9 Å². The van der Waals surface area contributed by atoms with Gasteiger partial charge < -0.3 is 10.1 Å². The molecule has 1 heterocycles. The predicted molar refractivity (Wildman–Crippen MR) is 77.6 cm³/mol. The Balaban J connectivity index is 2.11. The van der Waals surface area contributed by atoms with E-state index in [4.69, 9.17) is 5.11 Å². The number of aliphatic hydroxyl groups is 1. The number of hydrogen-bond acceptors (Lipinski definition) is 4. The quantitative estimate of drug-likeness (QED) is 0.809. The van der Waals surface area contributed by atoms with E-state index in [9.17, 15) is 8.42 Å². The van der Waals surface area contributed by atoms with E-state index < -0.39 is 10.0 Å². The monoisotopic (exact) mass is 305 g/mol. The third kappa shape index (κ3) is 3.70. The molecule has 7 heteroatoms. The maximum Gasteiger partial charge on any atom is 0.260 e. The van der Waals surface area contributed by atoms with Crippen molar-refractivity contribution in [2.45, 2.75) is 11.6 Å². The topological polar surface area (TPSA) is 86.3 Å². The van der Waals surface area contributed by atoms with Crippen LogP contribution in [0.5, 0.6) is 0 Å². The summed E-state index contributed by atoms with van der Waals surface area (Å²) in [6.45, 7) is 0.0575. The van der Waals surface area contributed by atoms with E-state index in [-0.39, 0.29) is 18.2 Å². The molecule has 0 fully saturated rings. The minimum absolute atomic E-state index is 0.0652. The van der Waals surface area contributed by atoms with Crippen LogP contribution in [-0.4, -0.2) is 41.5 Å². The first-order chi connectivity index (χ1) is 10.0. The van der Waals surface area contributed by atoms with Crippen LogP contribution in [-0.2, 0) is 16.6 Å². The van der Waals surface area contributed by atoms with Crippen LogP contribution in [0.2, 0.25) is 0 Å². The summed E-state index contributed by atoms with van der Waals surface area (Å²) in [5.74, 6) is 5.34. The molecular formula is C14H15N3O3S. The molecule has 0 bridgehead atoms. The minimum Gasteiger partial charge on any atom is -0.384 e. The second-order valence-corrected chi connectivity index (χ2v) is 6.35. The number of rotatable bonds is 4. The van der Waals surface area contributed by atoms with Crippen LogP contribution in [0.4, 0.5) is 0 Å². The van der Waals surface area contributed by atoms with Crippen molar-refractivity contribution in [2.24, 2.45) is 0 Å². The van der Waals surface area contributed by atoms with Crippen LogP contribution in [0.25, 0.3) is 0 Å². The summed E-state index contributed by atoms with van der Waals surface area (Å²) in [7, 11) is -2.05. The van der Waals surface area contributed by atoms with Gasteiger partial charge in [-0.05, 0) is 17.7 Å². The molecule has 6 nitrogen and oxygen atoms in total. The molecule has 2 N–H and O–H groups in total. The molecule has 0 spiro atoms.